The average Bonchev–Trinajstić information content (AvgIpc) is 2.68. The van der Waals surface area contributed by atoms with Crippen molar-refractivity contribution in [2.24, 2.45) is 5.73 Å². The number of aromatic nitrogens is 2. The first-order chi connectivity index (χ1) is 9.24. The predicted molar refractivity (Wildman–Crippen MR) is 87.8 cm³/mol. The van der Waals surface area contributed by atoms with Crippen molar-refractivity contribution in [2.75, 3.05) is 0 Å². The molecule has 0 amide bonds. The zero-order valence-corrected chi connectivity index (χ0v) is 14.4. The molecule has 2 rings (SSSR count). The molecule has 0 atom stereocenters. The van der Waals surface area contributed by atoms with Gasteiger partial charge in [-0.15, -0.1) is 0 Å². The van der Waals surface area contributed by atoms with Crippen molar-refractivity contribution in [3.05, 3.63) is 39.3 Å². The third-order valence-electron chi connectivity index (χ3n) is 3.59. The standard InChI is InChI=1S/C16H22BrN3/c1-9-6-11(16(3,4)5)7-10(2)13(9)14-12(8-18)19-15(17)20-14/h6-7H,8,18H2,1-5H3,(H,19,20). The Morgan fingerprint density at radius 2 is 1.75 bits per heavy atom. The topological polar surface area (TPSA) is 54.7 Å². The van der Waals surface area contributed by atoms with Crippen LogP contribution < -0.4 is 5.73 Å². The minimum absolute atomic E-state index is 0.150. The molecule has 3 nitrogen and oxygen atoms in total. The van der Waals surface area contributed by atoms with Gasteiger partial charge in [0, 0.05) is 12.1 Å². The zero-order valence-electron chi connectivity index (χ0n) is 12.8. The van der Waals surface area contributed by atoms with E-state index in [0.29, 0.717) is 6.54 Å². The largest absolute Gasteiger partial charge is 0.335 e. The summed E-state index contributed by atoms with van der Waals surface area (Å²) >= 11 is 3.39. The zero-order chi connectivity index (χ0) is 15.1. The maximum atomic E-state index is 5.81. The summed E-state index contributed by atoms with van der Waals surface area (Å²) in [7, 11) is 0. The highest BCUT2D eigenvalue weighted by molar-refractivity contribution is 9.10. The molecule has 1 aromatic heterocycles. The molecule has 1 heterocycles. The van der Waals surface area contributed by atoms with Crippen LogP contribution in [0.4, 0.5) is 0 Å². The Labute approximate surface area is 129 Å². The Morgan fingerprint density at radius 3 is 2.20 bits per heavy atom. The van der Waals surface area contributed by atoms with E-state index in [4.69, 9.17) is 5.73 Å². The lowest BCUT2D eigenvalue weighted by Gasteiger charge is -2.22. The molecular weight excluding hydrogens is 314 g/mol. The second kappa shape index (κ2) is 5.34. The van der Waals surface area contributed by atoms with Gasteiger partial charge in [-0.2, -0.15) is 0 Å². The number of hydrogen-bond acceptors (Lipinski definition) is 2. The number of aryl methyl sites for hydroxylation is 2. The SMILES string of the molecule is Cc1cc(C(C)(C)C)cc(C)c1-c1nc(Br)[nH]c1CN. The molecule has 0 saturated heterocycles. The fourth-order valence-electron chi connectivity index (χ4n) is 2.50. The average molecular weight is 336 g/mol. The molecule has 3 N–H and O–H groups in total. The first-order valence-corrected chi connectivity index (χ1v) is 7.60. The number of hydrogen-bond donors (Lipinski definition) is 2. The van der Waals surface area contributed by atoms with Crippen LogP contribution in [0.25, 0.3) is 11.3 Å². The molecule has 2 aromatic rings. The van der Waals surface area contributed by atoms with Gasteiger partial charge in [0.05, 0.1) is 11.4 Å². The third-order valence-corrected chi connectivity index (χ3v) is 3.97. The van der Waals surface area contributed by atoms with E-state index in [2.05, 4.69) is 72.6 Å². The maximum Gasteiger partial charge on any atom is 0.175 e. The monoisotopic (exact) mass is 335 g/mol. The molecular formula is C16H22BrN3. The first kappa shape index (κ1) is 15.3. The van der Waals surface area contributed by atoms with Gasteiger partial charge in [0.15, 0.2) is 4.73 Å². The van der Waals surface area contributed by atoms with E-state index in [0.717, 1.165) is 16.1 Å². The predicted octanol–water partition coefficient (Wildman–Crippen LogP) is 4.21. The molecule has 0 aliphatic carbocycles. The summed E-state index contributed by atoms with van der Waals surface area (Å²) in [5.41, 5.74) is 12.9. The van der Waals surface area contributed by atoms with Crippen molar-refractivity contribution >= 4 is 15.9 Å². The second-order valence-corrected chi connectivity index (χ2v) is 7.05. The van der Waals surface area contributed by atoms with E-state index in [9.17, 15) is 0 Å². The van der Waals surface area contributed by atoms with Gasteiger partial charge in [0.1, 0.15) is 0 Å². The molecule has 0 aliphatic heterocycles. The fraction of sp³-hybridized carbons (Fsp3) is 0.438. The Bertz CT molecular complexity index is 613. The van der Waals surface area contributed by atoms with Crippen molar-refractivity contribution < 1.29 is 0 Å². The van der Waals surface area contributed by atoms with Crippen LogP contribution >= 0.6 is 15.9 Å². The van der Waals surface area contributed by atoms with Crippen molar-refractivity contribution in [1.29, 1.82) is 0 Å². The van der Waals surface area contributed by atoms with Crippen molar-refractivity contribution in [3.63, 3.8) is 0 Å². The van der Waals surface area contributed by atoms with E-state index in [1.807, 2.05) is 0 Å². The number of halogens is 1. The lowest BCUT2D eigenvalue weighted by Crippen LogP contribution is -2.12. The summed E-state index contributed by atoms with van der Waals surface area (Å²) in [6.07, 6.45) is 0. The van der Waals surface area contributed by atoms with Crippen LogP contribution in [0.1, 0.15) is 43.2 Å². The van der Waals surface area contributed by atoms with Crippen molar-refractivity contribution in [3.8, 4) is 11.3 Å². The van der Waals surface area contributed by atoms with Gasteiger partial charge in [-0.3, -0.25) is 0 Å². The summed E-state index contributed by atoms with van der Waals surface area (Å²) in [6.45, 7) is 11.4. The van der Waals surface area contributed by atoms with Gasteiger partial charge in [-0.25, -0.2) is 4.98 Å². The Balaban J connectivity index is 2.64. The number of rotatable bonds is 2. The molecule has 0 fully saturated rings. The van der Waals surface area contributed by atoms with Crippen LogP contribution in [0.3, 0.4) is 0 Å². The molecule has 108 valence electrons. The smallest absolute Gasteiger partial charge is 0.175 e. The van der Waals surface area contributed by atoms with Crippen molar-refractivity contribution in [2.45, 2.75) is 46.6 Å². The molecule has 0 unspecified atom stereocenters. The number of nitrogens with one attached hydrogen (secondary N) is 1. The number of aromatic amines is 1. The highest BCUT2D eigenvalue weighted by atomic mass is 79.9. The second-order valence-electron chi connectivity index (χ2n) is 6.29. The highest BCUT2D eigenvalue weighted by Crippen LogP contribution is 2.33. The van der Waals surface area contributed by atoms with Gasteiger partial charge in [0.25, 0.3) is 0 Å². The molecule has 4 heteroatoms. The van der Waals surface area contributed by atoms with Crippen LogP contribution in [0.15, 0.2) is 16.9 Å². The highest BCUT2D eigenvalue weighted by Gasteiger charge is 2.19. The van der Waals surface area contributed by atoms with Gasteiger partial charge in [-0.05, 0) is 51.9 Å². The number of nitrogens with two attached hydrogens (primary N) is 1. The molecule has 0 radical (unpaired) electrons. The third kappa shape index (κ3) is 2.81. The van der Waals surface area contributed by atoms with E-state index in [-0.39, 0.29) is 5.41 Å². The summed E-state index contributed by atoms with van der Waals surface area (Å²) in [5, 5.41) is 0. The van der Waals surface area contributed by atoms with Gasteiger partial charge in [0.2, 0.25) is 0 Å². The number of H-pyrrole nitrogens is 1. The molecule has 1 aromatic carbocycles. The Morgan fingerprint density at radius 1 is 1.20 bits per heavy atom. The number of imidazole rings is 1. The molecule has 0 bridgehead atoms. The van der Waals surface area contributed by atoms with E-state index >= 15 is 0 Å². The lowest BCUT2D eigenvalue weighted by atomic mass is 9.83. The van der Waals surface area contributed by atoms with E-state index in [1.165, 1.54) is 22.3 Å². The minimum Gasteiger partial charge on any atom is -0.335 e. The molecule has 20 heavy (non-hydrogen) atoms. The minimum atomic E-state index is 0.150. The van der Waals surface area contributed by atoms with Crippen molar-refractivity contribution in [1.82, 2.24) is 9.97 Å². The number of nitrogens with zero attached hydrogens (tertiary/aromatic N) is 1. The lowest BCUT2D eigenvalue weighted by molar-refractivity contribution is 0.589. The molecule has 0 spiro atoms. The normalized spacial score (nSPS) is 11.9. The summed E-state index contributed by atoms with van der Waals surface area (Å²) in [5.74, 6) is 0. The quantitative estimate of drug-likeness (QED) is 0.863. The van der Waals surface area contributed by atoms with E-state index in [1.54, 1.807) is 0 Å². The number of benzene rings is 1. The molecule has 0 saturated carbocycles. The van der Waals surface area contributed by atoms with Crippen LogP contribution in [0.5, 0.6) is 0 Å². The van der Waals surface area contributed by atoms with Gasteiger partial charge >= 0.3 is 0 Å². The van der Waals surface area contributed by atoms with E-state index < -0.39 is 0 Å². The van der Waals surface area contributed by atoms with Crippen LogP contribution in [0, 0.1) is 13.8 Å². The van der Waals surface area contributed by atoms with Gasteiger partial charge < -0.3 is 10.7 Å². The first-order valence-electron chi connectivity index (χ1n) is 6.80. The Hall–Kier alpha value is -1.13. The van der Waals surface area contributed by atoms with Crippen LogP contribution in [-0.4, -0.2) is 9.97 Å². The van der Waals surface area contributed by atoms with Crippen LogP contribution in [-0.2, 0) is 12.0 Å². The summed E-state index contributed by atoms with van der Waals surface area (Å²) in [4.78, 5) is 7.72. The van der Waals surface area contributed by atoms with Gasteiger partial charge in [-0.1, -0.05) is 32.9 Å². The maximum absolute atomic E-state index is 5.81. The summed E-state index contributed by atoms with van der Waals surface area (Å²) in [6, 6.07) is 4.51. The van der Waals surface area contributed by atoms with Crippen LogP contribution in [0.2, 0.25) is 0 Å². The summed E-state index contributed by atoms with van der Waals surface area (Å²) < 4.78 is 0.728. The molecule has 0 aliphatic rings. The Kier molecular flexibility index (Phi) is 4.07. The fourth-order valence-corrected chi connectivity index (χ4v) is 2.92.